The van der Waals surface area contributed by atoms with Crippen LogP contribution in [0.2, 0.25) is 0 Å². The van der Waals surface area contributed by atoms with Crippen LogP contribution in [-0.2, 0) is 20.1 Å². The maximum atomic E-state index is 6.65. The van der Waals surface area contributed by atoms with Crippen LogP contribution in [0.5, 0.6) is 0 Å². The van der Waals surface area contributed by atoms with Gasteiger partial charge in [0.05, 0.1) is 39.1 Å². The molecule has 16 aromatic carbocycles. The molecule has 0 fully saturated rings. The quantitative estimate of drug-likeness (QED) is 0.108. The molecule has 4 heterocycles. The van der Waals surface area contributed by atoms with E-state index in [1.807, 2.05) is 54.6 Å². The Morgan fingerprint density at radius 3 is 1.33 bits per heavy atom. The molecule has 0 saturated heterocycles. The summed E-state index contributed by atoms with van der Waals surface area (Å²) in [5.41, 5.74) is 24.3. The predicted octanol–water partition coefficient (Wildman–Crippen LogP) is 27.9. The Morgan fingerprint density at radius 1 is 0.324 bits per heavy atom. The standard InChI is InChI=1S/C48H36N2.C42H26N2O.C11H8N.Ir/c1-3-35-13-9-19-43(33-35)49(47-23-11-17-39-15-5-7-21-45(39)47)41-29-25-37(26-30-41)38-27-31-42(32-28-38)50(44-20-10-14-36(4-2)34-44)48-24-12-18-40-16-6-8-22-46(40)48;1-2-11-29(12-3-1)43-36-17-7-6-15-32(36)34-25-27(21-23-39(34)43)28-22-24-41-35(26-28)33-16-10-20-40(42(33)45-41)44-37-18-8-4-13-30(37)31-14-5-9-19-38(31)44;1-2-6-10(7-3-1)11-8-4-5-9-12-11;/h3-34H,1-2H2;1-26H;1-6,8-9H;/q;;-1;. The van der Waals surface area contributed by atoms with Gasteiger partial charge in [0.15, 0.2) is 5.58 Å². The van der Waals surface area contributed by atoms with Crippen LogP contribution in [0.15, 0.2) is 406 Å². The van der Waals surface area contributed by atoms with Crippen molar-refractivity contribution in [3.63, 3.8) is 0 Å². The van der Waals surface area contributed by atoms with E-state index in [4.69, 9.17) is 4.42 Å². The molecule has 0 aliphatic rings. The van der Waals surface area contributed by atoms with E-state index in [-0.39, 0.29) is 20.1 Å². The van der Waals surface area contributed by atoms with E-state index in [1.54, 1.807) is 6.20 Å². The van der Waals surface area contributed by atoms with Gasteiger partial charge in [0.25, 0.3) is 0 Å². The van der Waals surface area contributed by atoms with E-state index < -0.39 is 0 Å². The first-order valence-corrected chi connectivity index (χ1v) is 36.1. The van der Waals surface area contributed by atoms with E-state index in [2.05, 4.69) is 383 Å². The van der Waals surface area contributed by atoms with Crippen molar-refractivity contribution in [3.8, 4) is 44.9 Å². The van der Waals surface area contributed by atoms with Crippen molar-refractivity contribution in [1.29, 1.82) is 0 Å². The van der Waals surface area contributed by atoms with E-state index >= 15 is 0 Å². The Balaban J connectivity index is 0.000000136. The van der Waals surface area contributed by atoms with Gasteiger partial charge in [0.1, 0.15) is 5.58 Å². The number of pyridine rings is 1. The maximum absolute atomic E-state index is 6.65. The molecular weight excluding hydrogens is 1490 g/mol. The third kappa shape index (κ3) is 12.8. The van der Waals surface area contributed by atoms with Gasteiger partial charge in [-0.15, -0.1) is 35.9 Å². The smallest absolute Gasteiger partial charge is 0.159 e. The second-order valence-corrected chi connectivity index (χ2v) is 26.6. The molecule has 0 aliphatic heterocycles. The SMILES string of the molecule is C=Cc1cccc(N(c2ccc(-c3ccc(N(c4cccc(C=C)c4)c4cccc5ccccc45)cc3)cc2)c2cccc3ccccc23)c1.[Ir].[c-]1ccccc1-c1ccccn1.c1ccc(-n2c3ccccc3c3cc(-c4ccc5oc6c(-n7c8ccccc8c8ccccc87)cccc6c5c4)ccc32)cc1. The van der Waals surface area contributed by atoms with Crippen molar-refractivity contribution in [2.45, 2.75) is 0 Å². The van der Waals surface area contributed by atoms with Crippen LogP contribution in [0, 0.1) is 6.07 Å². The summed E-state index contributed by atoms with van der Waals surface area (Å²) >= 11 is 0. The van der Waals surface area contributed by atoms with Gasteiger partial charge >= 0.3 is 0 Å². The average molecular weight is 1560 g/mol. The number of aromatic nitrogens is 3. The van der Waals surface area contributed by atoms with Crippen LogP contribution in [0.4, 0.5) is 34.1 Å². The van der Waals surface area contributed by atoms with Gasteiger partial charge in [0, 0.05) is 97.8 Å². The van der Waals surface area contributed by atoms with Gasteiger partial charge in [0.2, 0.25) is 0 Å². The fourth-order valence-corrected chi connectivity index (χ4v) is 15.3. The first-order chi connectivity index (χ1) is 53.0. The Hall–Kier alpha value is -13.7. The zero-order valence-electron chi connectivity index (χ0n) is 59.0. The molecule has 1 radical (unpaired) electrons. The Labute approximate surface area is 640 Å². The third-order valence-corrected chi connectivity index (χ3v) is 20.3. The van der Waals surface area contributed by atoms with Gasteiger partial charge in [-0.1, -0.05) is 256 Å². The van der Waals surface area contributed by atoms with E-state index in [0.717, 1.165) is 95.3 Å². The summed E-state index contributed by atoms with van der Waals surface area (Å²) in [6.45, 7) is 8.04. The molecule has 108 heavy (non-hydrogen) atoms. The summed E-state index contributed by atoms with van der Waals surface area (Å²) in [7, 11) is 0. The summed E-state index contributed by atoms with van der Waals surface area (Å²) in [6, 6.07) is 138. The second kappa shape index (κ2) is 29.8. The molecule has 0 N–H and O–H groups in total. The van der Waals surface area contributed by atoms with Crippen molar-refractivity contribution < 1.29 is 24.5 Å². The minimum Gasteiger partial charge on any atom is -0.454 e. The van der Waals surface area contributed by atoms with Crippen molar-refractivity contribution in [2.75, 3.05) is 9.80 Å². The van der Waals surface area contributed by atoms with E-state index in [0.29, 0.717) is 0 Å². The second-order valence-electron chi connectivity index (χ2n) is 26.6. The summed E-state index contributed by atoms with van der Waals surface area (Å²) in [5.74, 6) is 0. The monoisotopic (exact) mass is 1560 g/mol. The van der Waals surface area contributed by atoms with Gasteiger partial charge in [-0.2, -0.15) is 0 Å². The molecule has 515 valence electrons. The Bertz CT molecular complexity index is 6400. The summed E-state index contributed by atoms with van der Waals surface area (Å²) in [4.78, 5) is 8.89. The number of para-hydroxylation sites is 5. The van der Waals surface area contributed by atoms with Crippen molar-refractivity contribution >= 4 is 133 Å². The third-order valence-electron chi connectivity index (χ3n) is 20.3. The predicted molar refractivity (Wildman–Crippen MR) is 453 cm³/mol. The van der Waals surface area contributed by atoms with Crippen LogP contribution in [-0.4, -0.2) is 14.1 Å². The van der Waals surface area contributed by atoms with Crippen molar-refractivity contribution in [3.05, 3.63) is 419 Å². The Kier molecular flexibility index (Phi) is 18.6. The van der Waals surface area contributed by atoms with Gasteiger partial charge in [-0.25, -0.2) is 0 Å². The van der Waals surface area contributed by atoms with E-state index in [1.165, 1.54) is 82.0 Å². The fraction of sp³-hybridized carbons (Fsp3) is 0. The number of rotatable bonds is 13. The number of hydrogen-bond donors (Lipinski definition) is 0. The summed E-state index contributed by atoms with van der Waals surface area (Å²) < 4.78 is 11.4. The first kappa shape index (κ1) is 67.5. The molecule has 7 heteroatoms. The minimum absolute atomic E-state index is 0. The van der Waals surface area contributed by atoms with Crippen LogP contribution in [0.25, 0.3) is 144 Å². The molecule has 6 nitrogen and oxygen atoms in total. The summed E-state index contributed by atoms with van der Waals surface area (Å²) in [6.07, 6.45) is 5.58. The number of fused-ring (bicyclic) bond motifs is 11. The van der Waals surface area contributed by atoms with Crippen LogP contribution in [0.1, 0.15) is 11.1 Å². The topological polar surface area (TPSA) is 42.4 Å². The van der Waals surface area contributed by atoms with Gasteiger partial charge in [-0.05, 0) is 177 Å². The normalized spacial score (nSPS) is 11.1. The van der Waals surface area contributed by atoms with Gasteiger partial charge < -0.3 is 28.3 Å². The molecule has 20 rings (SSSR count). The maximum Gasteiger partial charge on any atom is 0.159 e. The molecule has 4 aromatic heterocycles. The molecule has 0 atom stereocenters. The molecule has 20 aromatic rings. The Morgan fingerprint density at radius 2 is 0.778 bits per heavy atom. The molecule has 0 amide bonds. The fourth-order valence-electron chi connectivity index (χ4n) is 15.3. The minimum atomic E-state index is 0. The largest absolute Gasteiger partial charge is 0.454 e. The molecule has 0 bridgehead atoms. The number of furan rings is 1. The van der Waals surface area contributed by atoms with Crippen molar-refractivity contribution in [2.24, 2.45) is 0 Å². The number of benzene rings is 16. The molecular formula is C101H70IrN5O-. The van der Waals surface area contributed by atoms with Gasteiger partial charge in [-0.3, -0.25) is 0 Å². The van der Waals surface area contributed by atoms with Crippen LogP contribution < -0.4 is 9.80 Å². The first-order valence-electron chi connectivity index (χ1n) is 36.1. The van der Waals surface area contributed by atoms with E-state index in [9.17, 15) is 0 Å². The zero-order valence-corrected chi connectivity index (χ0v) is 61.4. The van der Waals surface area contributed by atoms with Crippen molar-refractivity contribution in [1.82, 2.24) is 14.1 Å². The number of hydrogen-bond acceptors (Lipinski definition) is 4. The number of anilines is 6. The zero-order chi connectivity index (χ0) is 71.6. The molecule has 0 spiro atoms. The molecule has 0 aliphatic carbocycles. The number of nitrogens with zero attached hydrogens (tertiary/aromatic N) is 5. The summed E-state index contributed by atoms with van der Waals surface area (Å²) in [5, 5.41) is 12.0. The van der Waals surface area contributed by atoms with Crippen LogP contribution in [0.3, 0.4) is 0 Å². The molecule has 0 unspecified atom stereocenters. The average Bonchev–Trinajstić information content (AvgIpc) is 1.52. The van der Waals surface area contributed by atoms with Crippen LogP contribution >= 0.6 is 0 Å². The molecule has 0 saturated carbocycles.